The molecule has 0 aliphatic rings. The summed E-state index contributed by atoms with van der Waals surface area (Å²) in [6, 6.07) is 10.6. The standard InChI is InChI=1S/C20H21N3O7S2/c1-12(11-24)29-15-8-13(18(25)21-20-22-19(28-2)23-31-20)9-16(10-15)30-14-4-6-17(7-5-14)32(3,26)27/h4-10,12,24H,11H2,1-3H3,(H,21,22,23,25)/t12-/m0/s1. The van der Waals surface area contributed by atoms with E-state index < -0.39 is 21.8 Å². The summed E-state index contributed by atoms with van der Waals surface area (Å²) in [6.07, 6.45) is 0.604. The van der Waals surface area contributed by atoms with Crippen molar-refractivity contribution in [1.29, 1.82) is 0 Å². The highest BCUT2D eigenvalue weighted by molar-refractivity contribution is 7.90. The molecule has 1 atom stereocenters. The van der Waals surface area contributed by atoms with Crippen LogP contribution < -0.4 is 19.5 Å². The van der Waals surface area contributed by atoms with Gasteiger partial charge in [-0.1, -0.05) is 0 Å². The van der Waals surface area contributed by atoms with Gasteiger partial charge < -0.3 is 19.3 Å². The van der Waals surface area contributed by atoms with Crippen LogP contribution in [-0.2, 0) is 9.84 Å². The Balaban J connectivity index is 1.87. The number of aliphatic hydroxyl groups excluding tert-OH is 1. The van der Waals surface area contributed by atoms with E-state index in [-0.39, 0.29) is 34.0 Å². The van der Waals surface area contributed by atoms with Gasteiger partial charge in [0, 0.05) is 29.4 Å². The third-order valence-electron chi connectivity index (χ3n) is 4.03. The average Bonchev–Trinajstić information content (AvgIpc) is 3.20. The number of sulfone groups is 1. The molecule has 0 aliphatic heterocycles. The summed E-state index contributed by atoms with van der Waals surface area (Å²) in [4.78, 5) is 16.9. The second kappa shape index (κ2) is 9.94. The summed E-state index contributed by atoms with van der Waals surface area (Å²) in [7, 11) is -1.92. The second-order valence-corrected chi connectivity index (χ2v) is 9.46. The van der Waals surface area contributed by atoms with Gasteiger partial charge in [-0.2, -0.15) is 4.98 Å². The van der Waals surface area contributed by atoms with Gasteiger partial charge in [-0.3, -0.25) is 10.1 Å². The Morgan fingerprint density at radius 3 is 2.44 bits per heavy atom. The third-order valence-corrected chi connectivity index (χ3v) is 5.78. The van der Waals surface area contributed by atoms with Crippen molar-refractivity contribution in [3.63, 3.8) is 0 Å². The lowest BCUT2D eigenvalue weighted by Crippen LogP contribution is -2.17. The first kappa shape index (κ1) is 23.4. The number of aromatic nitrogens is 2. The van der Waals surface area contributed by atoms with E-state index in [1.54, 1.807) is 13.0 Å². The van der Waals surface area contributed by atoms with Gasteiger partial charge in [0.2, 0.25) is 5.13 Å². The van der Waals surface area contributed by atoms with Crippen LogP contribution in [0, 0.1) is 0 Å². The van der Waals surface area contributed by atoms with Crippen LogP contribution in [0.2, 0.25) is 0 Å². The fourth-order valence-corrected chi connectivity index (χ4v) is 3.67. The molecule has 0 bridgehead atoms. The molecule has 0 fully saturated rings. The molecule has 0 aliphatic carbocycles. The molecule has 1 amide bonds. The summed E-state index contributed by atoms with van der Waals surface area (Å²) >= 11 is 0.963. The van der Waals surface area contributed by atoms with Gasteiger partial charge in [0.05, 0.1) is 18.6 Å². The minimum absolute atomic E-state index is 0.140. The maximum atomic E-state index is 12.7. The molecule has 2 N–H and O–H groups in total. The number of anilines is 1. The minimum Gasteiger partial charge on any atom is -0.488 e. The predicted molar refractivity (Wildman–Crippen MR) is 118 cm³/mol. The normalized spacial score (nSPS) is 12.1. The molecule has 0 saturated carbocycles. The number of carbonyl (C=O) groups is 1. The molecule has 0 spiro atoms. The van der Waals surface area contributed by atoms with Crippen LogP contribution in [0.15, 0.2) is 47.4 Å². The van der Waals surface area contributed by atoms with Crippen molar-refractivity contribution in [3.05, 3.63) is 48.0 Å². The van der Waals surface area contributed by atoms with Gasteiger partial charge in [0.25, 0.3) is 5.91 Å². The van der Waals surface area contributed by atoms with E-state index in [4.69, 9.17) is 14.2 Å². The molecular weight excluding hydrogens is 458 g/mol. The van der Waals surface area contributed by atoms with Crippen molar-refractivity contribution >= 4 is 32.4 Å². The van der Waals surface area contributed by atoms with Gasteiger partial charge in [-0.15, -0.1) is 4.37 Å². The van der Waals surface area contributed by atoms with Gasteiger partial charge in [-0.25, -0.2) is 8.42 Å². The molecule has 1 aromatic heterocycles. The van der Waals surface area contributed by atoms with Crippen LogP contribution >= 0.6 is 11.5 Å². The highest BCUT2D eigenvalue weighted by Crippen LogP contribution is 2.29. The lowest BCUT2D eigenvalue weighted by atomic mass is 10.2. The topological polar surface area (TPSA) is 137 Å². The molecule has 0 radical (unpaired) electrons. The number of aliphatic hydroxyl groups is 1. The number of benzene rings is 2. The Bertz CT molecular complexity index is 1190. The molecule has 10 nitrogen and oxygen atoms in total. The van der Waals surface area contributed by atoms with Crippen LogP contribution in [-0.4, -0.2) is 54.9 Å². The van der Waals surface area contributed by atoms with Gasteiger partial charge in [0.15, 0.2) is 9.84 Å². The summed E-state index contributed by atoms with van der Waals surface area (Å²) in [5, 5.41) is 12.2. The third kappa shape index (κ3) is 6.15. The molecule has 170 valence electrons. The quantitative estimate of drug-likeness (QED) is 0.474. The second-order valence-electron chi connectivity index (χ2n) is 6.69. The van der Waals surface area contributed by atoms with E-state index in [1.807, 2.05) is 0 Å². The predicted octanol–water partition coefficient (Wildman–Crippen LogP) is 2.75. The average molecular weight is 480 g/mol. The Morgan fingerprint density at radius 2 is 1.84 bits per heavy atom. The van der Waals surface area contributed by atoms with Crippen LogP contribution in [0.25, 0.3) is 0 Å². The molecule has 1 heterocycles. The largest absolute Gasteiger partial charge is 0.488 e. The molecule has 3 aromatic rings. The zero-order chi connectivity index (χ0) is 23.3. The van der Waals surface area contributed by atoms with Gasteiger partial charge in [0.1, 0.15) is 23.4 Å². The summed E-state index contributed by atoms with van der Waals surface area (Å²) < 4.78 is 43.5. The Hall–Kier alpha value is -3.22. The zero-order valence-electron chi connectivity index (χ0n) is 17.4. The maximum absolute atomic E-state index is 12.7. The van der Waals surface area contributed by atoms with Crippen molar-refractivity contribution in [2.45, 2.75) is 17.9 Å². The molecule has 32 heavy (non-hydrogen) atoms. The van der Waals surface area contributed by atoms with E-state index in [2.05, 4.69) is 14.7 Å². The first-order chi connectivity index (χ1) is 15.2. The Morgan fingerprint density at radius 1 is 1.16 bits per heavy atom. The monoisotopic (exact) mass is 479 g/mol. The Labute approximate surface area is 188 Å². The fraction of sp³-hybridized carbons (Fsp3) is 0.250. The van der Waals surface area contributed by atoms with E-state index >= 15 is 0 Å². The van der Waals surface area contributed by atoms with Crippen LogP contribution in [0.4, 0.5) is 5.13 Å². The van der Waals surface area contributed by atoms with Crippen molar-refractivity contribution in [1.82, 2.24) is 9.36 Å². The first-order valence-corrected chi connectivity index (χ1v) is 11.9. The van der Waals surface area contributed by atoms with E-state index in [1.165, 1.54) is 43.5 Å². The van der Waals surface area contributed by atoms with E-state index in [0.717, 1.165) is 17.8 Å². The molecule has 0 saturated heterocycles. The first-order valence-electron chi connectivity index (χ1n) is 9.27. The number of ether oxygens (including phenoxy) is 3. The van der Waals surface area contributed by atoms with E-state index in [9.17, 15) is 18.3 Å². The highest BCUT2D eigenvalue weighted by atomic mass is 32.2. The van der Waals surface area contributed by atoms with Crippen molar-refractivity contribution < 1.29 is 32.5 Å². The number of rotatable bonds is 9. The number of nitrogens with zero attached hydrogens (tertiary/aromatic N) is 2. The summed E-state index contributed by atoms with van der Waals surface area (Å²) in [5.74, 6) is 0.463. The number of hydrogen-bond acceptors (Lipinski definition) is 10. The number of nitrogens with one attached hydrogen (secondary N) is 1. The lowest BCUT2D eigenvalue weighted by Gasteiger charge is -2.15. The van der Waals surface area contributed by atoms with Gasteiger partial charge >= 0.3 is 6.01 Å². The van der Waals surface area contributed by atoms with Crippen molar-refractivity contribution in [2.24, 2.45) is 0 Å². The van der Waals surface area contributed by atoms with Crippen LogP contribution in [0.3, 0.4) is 0 Å². The number of carbonyl (C=O) groups excluding carboxylic acids is 1. The SMILES string of the molecule is COc1nsc(NC(=O)c2cc(Oc3ccc(S(C)(=O)=O)cc3)cc(O[C@@H](C)CO)c2)n1. The van der Waals surface area contributed by atoms with Crippen molar-refractivity contribution in [3.8, 4) is 23.3 Å². The molecule has 0 unspecified atom stereocenters. The van der Waals surface area contributed by atoms with Crippen LogP contribution in [0.1, 0.15) is 17.3 Å². The summed E-state index contributed by atoms with van der Waals surface area (Å²) in [6.45, 7) is 1.45. The van der Waals surface area contributed by atoms with Crippen molar-refractivity contribution in [2.75, 3.05) is 25.3 Å². The molecule has 3 rings (SSSR count). The molecule has 2 aromatic carbocycles. The van der Waals surface area contributed by atoms with Gasteiger partial charge in [-0.05, 0) is 43.3 Å². The number of hydrogen-bond donors (Lipinski definition) is 2. The molecule has 12 heteroatoms. The maximum Gasteiger partial charge on any atom is 0.329 e. The highest BCUT2D eigenvalue weighted by Gasteiger charge is 2.15. The van der Waals surface area contributed by atoms with Crippen LogP contribution in [0.5, 0.6) is 23.3 Å². The smallest absolute Gasteiger partial charge is 0.329 e. The molecular formula is C20H21N3O7S2. The minimum atomic E-state index is -3.33. The Kier molecular flexibility index (Phi) is 7.28. The lowest BCUT2D eigenvalue weighted by molar-refractivity contribution is 0.102. The summed E-state index contributed by atoms with van der Waals surface area (Å²) in [5.41, 5.74) is 0.213. The van der Waals surface area contributed by atoms with E-state index in [0.29, 0.717) is 11.5 Å². The number of amides is 1. The number of methoxy groups -OCH3 is 1. The zero-order valence-corrected chi connectivity index (χ0v) is 19.1. The fourth-order valence-electron chi connectivity index (χ4n) is 2.50.